The van der Waals surface area contributed by atoms with E-state index in [-0.39, 0.29) is 31.2 Å². The van der Waals surface area contributed by atoms with Crippen LogP contribution in [0.1, 0.15) is 51.4 Å². The van der Waals surface area contributed by atoms with Crippen LogP contribution < -0.4 is 15.6 Å². The molecule has 4 aliphatic rings. The Morgan fingerprint density at radius 3 is 2.55 bits per heavy atom. The van der Waals surface area contributed by atoms with Crippen molar-refractivity contribution in [2.45, 2.75) is 76.2 Å². The Morgan fingerprint density at radius 2 is 1.73 bits per heavy atom. The summed E-state index contributed by atoms with van der Waals surface area (Å²) in [4.78, 5) is 53.4. The summed E-state index contributed by atoms with van der Waals surface area (Å²) in [7, 11) is 1.28. The molecule has 1 aromatic heterocycles. The van der Waals surface area contributed by atoms with Gasteiger partial charge in [-0.25, -0.2) is 9.59 Å². The second-order valence-corrected chi connectivity index (χ2v) is 11.7. The molecule has 1 aromatic carbocycles. The number of alkyl carbamates (subject to hydrolysis) is 1. The first-order valence-electron chi connectivity index (χ1n) is 14.5. The van der Waals surface area contributed by atoms with Crippen LogP contribution in [0.2, 0.25) is 0 Å². The Morgan fingerprint density at radius 1 is 0.950 bits per heavy atom. The van der Waals surface area contributed by atoms with Crippen molar-refractivity contribution in [1.29, 1.82) is 0 Å². The number of amides is 2. The zero-order valence-electron chi connectivity index (χ0n) is 22.9. The summed E-state index contributed by atoms with van der Waals surface area (Å²) in [6.07, 6.45) is 6.07. The maximum absolute atomic E-state index is 13.6. The van der Waals surface area contributed by atoms with E-state index < -0.39 is 30.1 Å². The summed E-state index contributed by atoms with van der Waals surface area (Å²) in [5.41, 5.74) is -0.0891. The number of nitrogens with zero attached hydrogens (tertiary/aromatic N) is 2. The van der Waals surface area contributed by atoms with Crippen LogP contribution >= 0.6 is 0 Å². The Balaban J connectivity index is 1.30. The number of ether oxygens (including phenoxy) is 3. The van der Waals surface area contributed by atoms with Crippen LogP contribution in [0, 0.1) is 17.8 Å². The van der Waals surface area contributed by atoms with E-state index in [4.69, 9.17) is 14.2 Å². The highest BCUT2D eigenvalue weighted by molar-refractivity contribution is 5.88. The second-order valence-electron chi connectivity index (χ2n) is 11.7. The predicted molar refractivity (Wildman–Crippen MR) is 146 cm³/mol. The van der Waals surface area contributed by atoms with Crippen molar-refractivity contribution >= 4 is 28.7 Å². The van der Waals surface area contributed by atoms with E-state index in [0.717, 1.165) is 50.3 Å². The Bertz CT molecular complexity index is 1360. The number of methoxy groups -OCH3 is 1. The average molecular weight is 552 g/mol. The standard InChI is InChI=1S/C30H37N3O7/c1-38-29(36)24-14-22-17-32(24)26(34)15-31-30(37)40-25-11-5-8-18(25)7-4-9-19-12-21(19)16-33-27(39-22)13-20-6-2-3-10-23(20)28(33)35/h2-3,6,10,13,18-19,21-22,24-25H,4-5,7-9,11-12,14-17H2,1H3,(H,31,37)/t18-,19?,21?,22-,24+,25-/m1/s1. The van der Waals surface area contributed by atoms with Gasteiger partial charge in [-0.05, 0) is 61.3 Å². The molecule has 214 valence electrons. The number of carbonyl (C=O) groups excluding carboxylic acids is 3. The fourth-order valence-electron chi connectivity index (χ4n) is 6.91. The highest BCUT2D eigenvalue weighted by atomic mass is 16.6. The first-order valence-corrected chi connectivity index (χ1v) is 14.5. The van der Waals surface area contributed by atoms with E-state index in [1.165, 1.54) is 12.0 Å². The summed E-state index contributed by atoms with van der Waals surface area (Å²) in [6, 6.07) is 8.50. The van der Waals surface area contributed by atoms with Crippen molar-refractivity contribution < 1.29 is 28.6 Å². The molecule has 40 heavy (non-hydrogen) atoms. The van der Waals surface area contributed by atoms with Crippen LogP contribution in [-0.4, -0.2) is 65.9 Å². The molecule has 6 atom stereocenters. The number of carbonyl (C=O) groups is 3. The van der Waals surface area contributed by atoms with Crippen LogP contribution in [0.5, 0.6) is 5.88 Å². The molecule has 2 aromatic rings. The molecule has 0 spiro atoms. The second kappa shape index (κ2) is 11.1. The van der Waals surface area contributed by atoms with Gasteiger partial charge in [0.2, 0.25) is 5.91 Å². The first kappa shape index (κ1) is 26.7. The molecule has 3 fully saturated rings. The van der Waals surface area contributed by atoms with Crippen LogP contribution in [0.15, 0.2) is 35.1 Å². The minimum absolute atomic E-state index is 0.0891. The lowest BCUT2D eigenvalue weighted by Crippen LogP contribution is -2.46. The van der Waals surface area contributed by atoms with E-state index in [0.29, 0.717) is 35.6 Å². The fraction of sp³-hybridized carbons (Fsp3) is 0.600. The zero-order chi connectivity index (χ0) is 27.8. The fourth-order valence-corrected chi connectivity index (χ4v) is 6.91. The molecule has 6 rings (SSSR count). The molecular formula is C30H37N3O7. The molecule has 2 amide bonds. The van der Waals surface area contributed by atoms with Gasteiger partial charge in [0.25, 0.3) is 5.56 Å². The molecule has 2 aliphatic heterocycles. The molecule has 2 saturated carbocycles. The molecule has 0 radical (unpaired) electrons. The SMILES string of the molecule is COC(=O)[C@@H]1C[C@@H]2CN1C(=O)CNC(=O)O[C@@H]1CCC[C@H]1CCCC1CC1Cn1c(cc3ccccc3c1=O)O2. The van der Waals surface area contributed by atoms with Crippen molar-refractivity contribution in [3.05, 3.63) is 40.7 Å². The number of aromatic nitrogens is 1. The van der Waals surface area contributed by atoms with Gasteiger partial charge in [-0.15, -0.1) is 0 Å². The predicted octanol–water partition coefficient (Wildman–Crippen LogP) is 3.24. The van der Waals surface area contributed by atoms with E-state index in [9.17, 15) is 19.2 Å². The Kier molecular flexibility index (Phi) is 7.42. The van der Waals surface area contributed by atoms with Crippen molar-refractivity contribution in [2.24, 2.45) is 17.8 Å². The lowest BCUT2D eigenvalue weighted by atomic mass is 9.97. The lowest BCUT2D eigenvalue weighted by Gasteiger charge is -2.23. The van der Waals surface area contributed by atoms with Gasteiger partial charge in [-0.3, -0.25) is 14.2 Å². The number of rotatable bonds is 1. The van der Waals surface area contributed by atoms with Gasteiger partial charge in [-0.2, -0.15) is 0 Å². The number of esters is 1. The van der Waals surface area contributed by atoms with Crippen molar-refractivity contribution in [3.8, 4) is 5.88 Å². The van der Waals surface area contributed by atoms with Crippen LogP contribution in [0.4, 0.5) is 4.79 Å². The van der Waals surface area contributed by atoms with Gasteiger partial charge < -0.3 is 24.4 Å². The molecule has 10 heteroatoms. The molecule has 2 aliphatic carbocycles. The smallest absolute Gasteiger partial charge is 0.407 e. The molecule has 2 unspecified atom stereocenters. The normalized spacial score (nSPS) is 30.9. The van der Waals surface area contributed by atoms with Crippen LogP contribution in [0.25, 0.3) is 10.8 Å². The van der Waals surface area contributed by atoms with Gasteiger partial charge in [0.1, 0.15) is 24.8 Å². The van der Waals surface area contributed by atoms with E-state index in [2.05, 4.69) is 5.32 Å². The minimum atomic E-state index is -0.849. The third-order valence-corrected chi connectivity index (χ3v) is 9.19. The number of hydrogen-bond acceptors (Lipinski definition) is 7. The molecule has 10 nitrogen and oxygen atoms in total. The summed E-state index contributed by atoms with van der Waals surface area (Å²) in [6.45, 7) is 0.417. The summed E-state index contributed by atoms with van der Waals surface area (Å²) < 4.78 is 18.8. The summed E-state index contributed by atoms with van der Waals surface area (Å²) in [5.74, 6) is 0.762. The molecular weight excluding hydrogens is 514 g/mol. The van der Waals surface area contributed by atoms with Gasteiger partial charge in [0, 0.05) is 24.4 Å². The number of nitrogens with one attached hydrogen (secondary N) is 1. The lowest BCUT2D eigenvalue weighted by molar-refractivity contribution is -0.150. The van der Waals surface area contributed by atoms with Gasteiger partial charge in [-0.1, -0.05) is 31.0 Å². The summed E-state index contributed by atoms with van der Waals surface area (Å²) in [5, 5.41) is 4.01. The highest BCUT2D eigenvalue weighted by Crippen LogP contribution is 2.45. The molecule has 1 saturated heterocycles. The van der Waals surface area contributed by atoms with Crippen molar-refractivity contribution in [3.63, 3.8) is 0 Å². The molecule has 3 heterocycles. The monoisotopic (exact) mass is 551 g/mol. The third-order valence-electron chi connectivity index (χ3n) is 9.19. The van der Waals surface area contributed by atoms with Crippen LogP contribution in [0.3, 0.4) is 0 Å². The largest absolute Gasteiger partial charge is 0.473 e. The van der Waals surface area contributed by atoms with Crippen molar-refractivity contribution in [1.82, 2.24) is 14.8 Å². The Hall–Kier alpha value is -3.56. The highest BCUT2D eigenvalue weighted by Gasteiger charge is 2.43. The molecule has 2 bridgehead atoms. The van der Waals surface area contributed by atoms with Crippen molar-refractivity contribution in [2.75, 3.05) is 20.2 Å². The number of hydrogen-bond donors (Lipinski definition) is 1. The maximum Gasteiger partial charge on any atom is 0.407 e. The van der Waals surface area contributed by atoms with E-state index >= 15 is 0 Å². The number of fused-ring (bicyclic) bond motifs is 6. The Labute approximate surface area is 232 Å². The quantitative estimate of drug-likeness (QED) is 0.541. The van der Waals surface area contributed by atoms with Gasteiger partial charge >= 0.3 is 12.1 Å². The van der Waals surface area contributed by atoms with E-state index in [1.807, 2.05) is 30.3 Å². The van der Waals surface area contributed by atoms with Gasteiger partial charge in [0.15, 0.2) is 5.88 Å². The maximum atomic E-state index is 13.6. The third kappa shape index (κ3) is 5.40. The number of benzene rings is 1. The van der Waals surface area contributed by atoms with Crippen LogP contribution in [-0.2, 0) is 25.6 Å². The van der Waals surface area contributed by atoms with E-state index in [1.54, 1.807) is 4.57 Å². The molecule has 1 N–H and O–H groups in total. The summed E-state index contributed by atoms with van der Waals surface area (Å²) >= 11 is 0. The zero-order valence-corrected chi connectivity index (χ0v) is 22.9. The van der Waals surface area contributed by atoms with Gasteiger partial charge in [0.05, 0.1) is 13.7 Å². The average Bonchev–Trinajstić information content (AvgIpc) is 3.31. The topological polar surface area (TPSA) is 116 Å². The number of pyridine rings is 1. The minimum Gasteiger partial charge on any atom is -0.473 e. The first-order chi connectivity index (χ1) is 19.4.